The standard InChI is InChI=1S/C11H20N2O/c1-4-6-7-9(3)10-8-11(13-12-10)14-5-2/h8-9H,4-7H2,1-3H3,(H,12,13). The normalized spacial score (nSPS) is 12.8. The molecule has 1 unspecified atom stereocenters. The molecule has 1 N–H and O–H groups in total. The van der Waals surface area contributed by atoms with Crippen molar-refractivity contribution in [2.45, 2.75) is 46.0 Å². The minimum atomic E-state index is 0.552. The van der Waals surface area contributed by atoms with Crippen LogP contribution in [0.4, 0.5) is 0 Å². The summed E-state index contributed by atoms with van der Waals surface area (Å²) < 4.78 is 5.30. The lowest BCUT2D eigenvalue weighted by Gasteiger charge is -2.06. The van der Waals surface area contributed by atoms with Gasteiger partial charge in [0.05, 0.1) is 6.61 Å². The Balaban J connectivity index is 2.48. The maximum Gasteiger partial charge on any atom is 0.232 e. The zero-order chi connectivity index (χ0) is 10.4. The molecule has 1 aromatic rings. The van der Waals surface area contributed by atoms with Crippen LogP contribution in [0.2, 0.25) is 0 Å². The molecule has 0 saturated heterocycles. The van der Waals surface area contributed by atoms with Crippen molar-refractivity contribution >= 4 is 0 Å². The van der Waals surface area contributed by atoms with Gasteiger partial charge in [0, 0.05) is 11.8 Å². The molecule has 1 rings (SSSR count). The van der Waals surface area contributed by atoms with Crippen LogP contribution in [0.15, 0.2) is 6.07 Å². The smallest absolute Gasteiger partial charge is 0.232 e. The van der Waals surface area contributed by atoms with Crippen LogP contribution in [-0.4, -0.2) is 16.8 Å². The second-order valence-corrected chi connectivity index (χ2v) is 3.64. The first kappa shape index (κ1) is 11.1. The summed E-state index contributed by atoms with van der Waals surface area (Å²) in [5, 5.41) is 7.11. The predicted octanol–water partition coefficient (Wildman–Crippen LogP) is 3.10. The Hall–Kier alpha value is -0.990. The fourth-order valence-electron chi connectivity index (χ4n) is 1.46. The number of rotatable bonds is 6. The van der Waals surface area contributed by atoms with Crippen LogP contribution in [0, 0.1) is 0 Å². The summed E-state index contributed by atoms with van der Waals surface area (Å²) in [7, 11) is 0. The van der Waals surface area contributed by atoms with E-state index < -0.39 is 0 Å². The topological polar surface area (TPSA) is 37.9 Å². The minimum absolute atomic E-state index is 0.552. The molecule has 0 aliphatic heterocycles. The Morgan fingerprint density at radius 2 is 2.29 bits per heavy atom. The Kier molecular flexibility index (Phi) is 4.50. The number of aromatic amines is 1. The molecule has 3 heteroatoms. The predicted molar refractivity (Wildman–Crippen MR) is 57.7 cm³/mol. The molecule has 0 bridgehead atoms. The van der Waals surface area contributed by atoms with Crippen LogP contribution < -0.4 is 4.74 Å². The maximum absolute atomic E-state index is 5.30. The van der Waals surface area contributed by atoms with Gasteiger partial charge in [-0.25, -0.2) is 0 Å². The highest BCUT2D eigenvalue weighted by Gasteiger charge is 2.08. The number of aromatic nitrogens is 2. The molecule has 0 aliphatic carbocycles. The third kappa shape index (κ3) is 3.05. The fourth-order valence-corrected chi connectivity index (χ4v) is 1.46. The van der Waals surface area contributed by atoms with Gasteiger partial charge in [0.25, 0.3) is 0 Å². The van der Waals surface area contributed by atoms with Crippen molar-refractivity contribution in [1.82, 2.24) is 10.2 Å². The van der Waals surface area contributed by atoms with Gasteiger partial charge in [-0.05, 0) is 19.3 Å². The van der Waals surface area contributed by atoms with Crippen molar-refractivity contribution in [3.63, 3.8) is 0 Å². The van der Waals surface area contributed by atoms with Crippen LogP contribution in [-0.2, 0) is 0 Å². The summed E-state index contributed by atoms with van der Waals surface area (Å²) >= 11 is 0. The molecular weight excluding hydrogens is 176 g/mol. The summed E-state index contributed by atoms with van der Waals surface area (Å²) in [4.78, 5) is 0. The Bertz CT molecular complexity index is 258. The lowest BCUT2D eigenvalue weighted by atomic mass is 10.0. The first-order valence-electron chi connectivity index (χ1n) is 5.46. The highest BCUT2D eigenvalue weighted by Crippen LogP contribution is 2.22. The first-order chi connectivity index (χ1) is 6.77. The molecule has 0 aliphatic rings. The van der Waals surface area contributed by atoms with E-state index in [1.54, 1.807) is 0 Å². The SMILES string of the molecule is CCCCC(C)c1cc(OCC)n[nH]1. The van der Waals surface area contributed by atoms with Gasteiger partial charge in [-0.1, -0.05) is 26.7 Å². The number of nitrogens with zero attached hydrogens (tertiary/aromatic N) is 1. The van der Waals surface area contributed by atoms with Gasteiger partial charge in [-0.2, -0.15) is 0 Å². The van der Waals surface area contributed by atoms with Gasteiger partial charge < -0.3 is 4.74 Å². The lowest BCUT2D eigenvalue weighted by molar-refractivity contribution is 0.326. The van der Waals surface area contributed by atoms with Gasteiger partial charge in [0.2, 0.25) is 5.88 Å². The number of H-pyrrole nitrogens is 1. The third-order valence-corrected chi connectivity index (χ3v) is 2.39. The average molecular weight is 196 g/mol. The zero-order valence-corrected chi connectivity index (χ0v) is 9.34. The van der Waals surface area contributed by atoms with Gasteiger partial charge in [-0.3, -0.25) is 5.10 Å². The van der Waals surface area contributed by atoms with Crippen molar-refractivity contribution in [2.24, 2.45) is 0 Å². The van der Waals surface area contributed by atoms with E-state index in [9.17, 15) is 0 Å². The summed E-state index contributed by atoms with van der Waals surface area (Å²) in [6.45, 7) is 7.08. The maximum atomic E-state index is 5.30. The fraction of sp³-hybridized carbons (Fsp3) is 0.727. The molecular formula is C11H20N2O. The molecule has 3 nitrogen and oxygen atoms in total. The summed E-state index contributed by atoms with van der Waals surface area (Å²) in [5.41, 5.74) is 1.18. The van der Waals surface area contributed by atoms with Gasteiger partial charge in [-0.15, -0.1) is 5.10 Å². The van der Waals surface area contributed by atoms with Crippen LogP contribution in [0.5, 0.6) is 5.88 Å². The number of nitrogens with one attached hydrogen (secondary N) is 1. The number of unbranched alkanes of at least 4 members (excludes halogenated alkanes) is 1. The van der Waals surface area contributed by atoms with Crippen molar-refractivity contribution in [3.8, 4) is 5.88 Å². The molecule has 1 aromatic heterocycles. The van der Waals surface area contributed by atoms with Crippen LogP contribution in [0.1, 0.15) is 51.6 Å². The quantitative estimate of drug-likeness (QED) is 0.759. The van der Waals surface area contributed by atoms with E-state index >= 15 is 0 Å². The molecule has 0 aromatic carbocycles. The van der Waals surface area contributed by atoms with Crippen LogP contribution in [0.3, 0.4) is 0 Å². The number of ether oxygens (including phenoxy) is 1. The van der Waals surface area contributed by atoms with E-state index in [1.165, 1.54) is 25.0 Å². The monoisotopic (exact) mass is 196 g/mol. The van der Waals surface area contributed by atoms with E-state index in [4.69, 9.17) is 4.74 Å². The van der Waals surface area contributed by atoms with Crippen molar-refractivity contribution < 1.29 is 4.74 Å². The Labute approximate surface area is 85.9 Å². The largest absolute Gasteiger partial charge is 0.477 e. The Morgan fingerprint density at radius 1 is 1.50 bits per heavy atom. The van der Waals surface area contributed by atoms with E-state index in [-0.39, 0.29) is 0 Å². The van der Waals surface area contributed by atoms with Crippen molar-refractivity contribution in [1.29, 1.82) is 0 Å². The van der Waals surface area contributed by atoms with E-state index in [0.29, 0.717) is 18.4 Å². The summed E-state index contributed by atoms with van der Waals surface area (Å²) in [5.74, 6) is 1.27. The molecule has 0 spiro atoms. The summed E-state index contributed by atoms with van der Waals surface area (Å²) in [6.07, 6.45) is 3.73. The lowest BCUT2D eigenvalue weighted by Crippen LogP contribution is -1.93. The van der Waals surface area contributed by atoms with Gasteiger partial charge in [0.1, 0.15) is 0 Å². The Morgan fingerprint density at radius 3 is 2.93 bits per heavy atom. The van der Waals surface area contributed by atoms with Crippen molar-refractivity contribution in [2.75, 3.05) is 6.61 Å². The summed E-state index contributed by atoms with van der Waals surface area (Å²) in [6, 6.07) is 2.00. The number of hydrogen-bond donors (Lipinski definition) is 1. The second kappa shape index (κ2) is 5.68. The third-order valence-electron chi connectivity index (χ3n) is 2.39. The molecule has 0 saturated carbocycles. The number of hydrogen-bond acceptors (Lipinski definition) is 2. The first-order valence-corrected chi connectivity index (χ1v) is 5.46. The highest BCUT2D eigenvalue weighted by molar-refractivity contribution is 5.16. The molecule has 1 heterocycles. The highest BCUT2D eigenvalue weighted by atomic mass is 16.5. The van der Waals surface area contributed by atoms with Gasteiger partial charge >= 0.3 is 0 Å². The van der Waals surface area contributed by atoms with E-state index in [2.05, 4.69) is 24.0 Å². The molecule has 1 atom stereocenters. The molecule has 80 valence electrons. The molecule has 0 amide bonds. The van der Waals surface area contributed by atoms with Crippen LogP contribution >= 0.6 is 0 Å². The molecule has 14 heavy (non-hydrogen) atoms. The molecule has 0 radical (unpaired) electrons. The van der Waals surface area contributed by atoms with E-state index in [0.717, 1.165) is 0 Å². The minimum Gasteiger partial charge on any atom is -0.477 e. The van der Waals surface area contributed by atoms with Crippen LogP contribution in [0.25, 0.3) is 0 Å². The zero-order valence-electron chi connectivity index (χ0n) is 9.34. The average Bonchev–Trinajstić information content (AvgIpc) is 2.63. The second-order valence-electron chi connectivity index (χ2n) is 3.64. The van der Waals surface area contributed by atoms with Crippen molar-refractivity contribution in [3.05, 3.63) is 11.8 Å². The molecule has 0 fully saturated rings. The van der Waals surface area contributed by atoms with E-state index in [1.807, 2.05) is 13.0 Å². The van der Waals surface area contributed by atoms with Gasteiger partial charge in [0.15, 0.2) is 0 Å².